The Bertz CT molecular complexity index is 716. The number of benzene rings is 2. The van der Waals surface area contributed by atoms with Crippen molar-refractivity contribution in [3.05, 3.63) is 70.8 Å². The fourth-order valence-corrected chi connectivity index (χ4v) is 2.77. The van der Waals surface area contributed by atoms with Crippen LogP contribution in [0, 0.1) is 6.92 Å². The summed E-state index contributed by atoms with van der Waals surface area (Å²) in [6, 6.07) is 14.5. The molecule has 1 aliphatic heterocycles. The van der Waals surface area contributed by atoms with E-state index < -0.39 is 0 Å². The maximum atomic E-state index is 12.8. The van der Waals surface area contributed by atoms with Gasteiger partial charge in [-0.25, -0.2) is 0 Å². The zero-order valence-electron chi connectivity index (χ0n) is 13.2. The highest BCUT2D eigenvalue weighted by Gasteiger charge is 2.23. The van der Waals surface area contributed by atoms with E-state index >= 15 is 0 Å². The molecule has 1 heterocycles. The summed E-state index contributed by atoms with van der Waals surface area (Å²) < 4.78 is 0. The molecule has 1 N–H and O–H groups in total. The lowest BCUT2D eigenvalue weighted by molar-refractivity contribution is 0.0732. The van der Waals surface area contributed by atoms with E-state index in [9.17, 15) is 9.59 Å². The van der Waals surface area contributed by atoms with Crippen LogP contribution in [0.3, 0.4) is 0 Å². The first-order chi connectivity index (χ1) is 11.2. The molecule has 2 aromatic rings. The number of rotatable bonds is 3. The quantitative estimate of drug-likeness (QED) is 0.885. The van der Waals surface area contributed by atoms with Gasteiger partial charge >= 0.3 is 0 Å². The van der Waals surface area contributed by atoms with Gasteiger partial charge < -0.3 is 10.2 Å². The number of piperazine rings is 1. The van der Waals surface area contributed by atoms with Crippen LogP contribution in [0.1, 0.15) is 31.8 Å². The maximum Gasteiger partial charge on any atom is 0.254 e. The number of aryl methyl sites for hydroxylation is 1. The van der Waals surface area contributed by atoms with Crippen molar-refractivity contribution in [2.75, 3.05) is 26.2 Å². The Kier molecular flexibility index (Phi) is 4.53. The van der Waals surface area contributed by atoms with Crippen LogP contribution in [0.25, 0.3) is 0 Å². The second kappa shape index (κ2) is 6.75. The Hall–Kier alpha value is -2.46. The van der Waals surface area contributed by atoms with Crippen LogP contribution < -0.4 is 5.32 Å². The number of hydrogen-bond acceptors (Lipinski definition) is 3. The Morgan fingerprint density at radius 2 is 1.52 bits per heavy atom. The lowest BCUT2D eigenvalue weighted by atomic mass is 9.97. The molecule has 0 radical (unpaired) electrons. The standard InChI is InChI=1S/C19H20N2O2/c1-14-6-8-15(9-7-14)18(22)16-4-2-3-5-17(16)19(23)21-12-10-20-11-13-21/h2-9,20H,10-13H2,1H3. The van der Waals surface area contributed by atoms with E-state index in [1.807, 2.05) is 31.2 Å². The van der Waals surface area contributed by atoms with Gasteiger partial charge in [0.05, 0.1) is 5.56 Å². The monoisotopic (exact) mass is 308 g/mol. The molecule has 4 nitrogen and oxygen atoms in total. The van der Waals surface area contributed by atoms with Gasteiger partial charge in [0.1, 0.15) is 0 Å². The van der Waals surface area contributed by atoms with E-state index in [0.717, 1.165) is 18.7 Å². The Morgan fingerprint density at radius 1 is 0.913 bits per heavy atom. The van der Waals surface area contributed by atoms with Gasteiger partial charge in [0.15, 0.2) is 5.78 Å². The molecule has 1 amide bonds. The van der Waals surface area contributed by atoms with Crippen molar-refractivity contribution in [2.24, 2.45) is 0 Å². The molecule has 0 saturated carbocycles. The normalized spacial score (nSPS) is 14.6. The first-order valence-corrected chi connectivity index (χ1v) is 7.87. The summed E-state index contributed by atoms with van der Waals surface area (Å²) in [5.41, 5.74) is 2.67. The van der Waals surface area contributed by atoms with E-state index in [2.05, 4.69) is 5.32 Å². The molecule has 0 aromatic heterocycles. The first-order valence-electron chi connectivity index (χ1n) is 7.87. The van der Waals surface area contributed by atoms with Crippen molar-refractivity contribution < 1.29 is 9.59 Å². The second-order valence-electron chi connectivity index (χ2n) is 5.78. The third kappa shape index (κ3) is 3.32. The third-order valence-electron chi connectivity index (χ3n) is 4.12. The molecular weight excluding hydrogens is 288 g/mol. The minimum Gasteiger partial charge on any atom is -0.336 e. The Morgan fingerprint density at radius 3 is 2.17 bits per heavy atom. The predicted octanol–water partition coefficient (Wildman–Crippen LogP) is 2.27. The minimum atomic E-state index is -0.107. The van der Waals surface area contributed by atoms with E-state index in [-0.39, 0.29) is 11.7 Å². The van der Waals surface area contributed by atoms with Crippen molar-refractivity contribution in [2.45, 2.75) is 6.92 Å². The van der Waals surface area contributed by atoms with Gasteiger partial charge in [-0.3, -0.25) is 9.59 Å². The highest BCUT2D eigenvalue weighted by Crippen LogP contribution is 2.17. The molecule has 1 fully saturated rings. The average molecular weight is 308 g/mol. The van der Waals surface area contributed by atoms with E-state index in [4.69, 9.17) is 0 Å². The molecule has 1 aliphatic rings. The molecule has 0 aliphatic carbocycles. The van der Waals surface area contributed by atoms with Crippen molar-refractivity contribution in [3.63, 3.8) is 0 Å². The molecule has 118 valence electrons. The fourth-order valence-electron chi connectivity index (χ4n) is 2.77. The van der Waals surface area contributed by atoms with Gasteiger partial charge in [-0.05, 0) is 13.0 Å². The van der Waals surface area contributed by atoms with Crippen molar-refractivity contribution in [1.29, 1.82) is 0 Å². The number of nitrogens with one attached hydrogen (secondary N) is 1. The molecule has 2 aromatic carbocycles. The van der Waals surface area contributed by atoms with Crippen LogP contribution in [0.2, 0.25) is 0 Å². The summed E-state index contributed by atoms with van der Waals surface area (Å²) in [6.45, 7) is 4.91. The number of ketones is 1. The molecule has 0 unspecified atom stereocenters. The van der Waals surface area contributed by atoms with Gasteiger partial charge in [0, 0.05) is 37.3 Å². The van der Waals surface area contributed by atoms with Crippen molar-refractivity contribution >= 4 is 11.7 Å². The molecule has 1 saturated heterocycles. The fraction of sp³-hybridized carbons (Fsp3) is 0.263. The summed E-state index contributed by atoms with van der Waals surface area (Å²) >= 11 is 0. The smallest absolute Gasteiger partial charge is 0.254 e. The highest BCUT2D eigenvalue weighted by atomic mass is 16.2. The lowest BCUT2D eigenvalue weighted by Gasteiger charge is -2.28. The largest absolute Gasteiger partial charge is 0.336 e. The van der Waals surface area contributed by atoms with E-state index in [1.54, 1.807) is 29.2 Å². The molecular formula is C19H20N2O2. The predicted molar refractivity (Wildman–Crippen MR) is 89.8 cm³/mol. The highest BCUT2D eigenvalue weighted by molar-refractivity contribution is 6.15. The zero-order chi connectivity index (χ0) is 16.2. The van der Waals surface area contributed by atoms with E-state index in [1.165, 1.54) is 0 Å². The van der Waals surface area contributed by atoms with Gasteiger partial charge in [-0.15, -0.1) is 0 Å². The molecule has 0 atom stereocenters. The minimum absolute atomic E-state index is 0.0671. The third-order valence-corrected chi connectivity index (χ3v) is 4.12. The van der Waals surface area contributed by atoms with Crippen LogP contribution >= 0.6 is 0 Å². The number of nitrogens with zero attached hydrogens (tertiary/aromatic N) is 1. The molecule has 0 spiro atoms. The second-order valence-corrected chi connectivity index (χ2v) is 5.78. The van der Waals surface area contributed by atoms with Gasteiger partial charge in [0.25, 0.3) is 5.91 Å². The molecule has 0 bridgehead atoms. The average Bonchev–Trinajstić information content (AvgIpc) is 2.62. The number of amides is 1. The van der Waals surface area contributed by atoms with Crippen molar-refractivity contribution in [3.8, 4) is 0 Å². The number of hydrogen-bond donors (Lipinski definition) is 1. The molecule has 4 heteroatoms. The molecule has 23 heavy (non-hydrogen) atoms. The van der Waals surface area contributed by atoms with Crippen molar-refractivity contribution in [1.82, 2.24) is 10.2 Å². The zero-order valence-corrected chi connectivity index (χ0v) is 13.2. The van der Waals surface area contributed by atoms with E-state index in [0.29, 0.717) is 29.8 Å². The first kappa shape index (κ1) is 15.4. The maximum absolute atomic E-state index is 12.8. The van der Waals surface area contributed by atoms with Gasteiger partial charge in [-0.1, -0.05) is 48.0 Å². The van der Waals surface area contributed by atoms with Crippen LogP contribution in [-0.2, 0) is 0 Å². The Labute approximate surface area is 136 Å². The van der Waals surface area contributed by atoms with Crippen LogP contribution in [0.4, 0.5) is 0 Å². The summed E-state index contributed by atoms with van der Waals surface area (Å²) in [5.74, 6) is -0.174. The summed E-state index contributed by atoms with van der Waals surface area (Å²) in [5, 5.41) is 3.23. The molecule has 3 rings (SSSR count). The van der Waals surface area contributed by atoms with Gasteiger partial charge in [-0.2, -0.15) is 0 Å². The SMILES string of the molecule is Cc1ccc(C(=O)c2ccccc2C(=O)N2CCNCC2)cc1. The number of carbonyl (C=O) groups excluding carboxylic acids is 2. The van der Waals surface area contributed by atoms with Crippen LogP contribution in [0.15, 0.2) is 48.5 Å². The Balaban J connectivity index is 1.92. The number of carbonyl (C=O) groups is 2. The van der Waals surface area contributed by atoms with Crippen LogP contribution in [-0.4, -0.2) is 42.8 Å². The topological polar surface area (TPSA) is 49.4 Å². The van der Waals surface area contributed by atoms with Crippen LogP contribution in [0.5, 0.6) is 0 Å². The summed E-state index contributed by atoms with van der Waals surface area (Å²) in [4.78, 5) is 27.3. The summed E-state index contributed by atoms with van der Waals surface area (Å²) in [7, 11) is 0. The summed E-state index contributed by atoms with van der Waals surface area (Å²) in [6.07, 6.45) is 0. The van der Waals surface area contributed by atoms with Gasteiger partial charge in [0.2, 0.25) is 0 Å². The lowest BCUT2D eigenvalue weighted by Crippen LogP contribution is -2.46.